The second-order valence-corrected chi connectivity index (χ2v) is 4.62. The summed E-state index contributed by atoms with van der Waals surface area (Å²) < 4.78 is 0. The van der Waals surface area contributed by atoms with E-state index in [1.165, 1.54) is 4.90 Å². The minimum atomic E-state index is -0.404. The summed E-state index contributed by atoms with van der Waals surface area (Å²) in [6.07, 6.45) is 1.06. The van der Waals surface area contributed by atoms with Crippen LogP contribution in [0.5, 0.6) is 0 Å². The van der Waals surface area contributed by atoms with Crippen LogP contribution >= 0.6 is 0 Å². The largest absolute Gasteiger partial charge is 0.388 e. The van der Waals surface area contributed by atoms with Crippen molar-refractivity contribution in [2.75, 3.05) is 14.1 Å². The number of benzene rings is 1. The summed E-state index contributed by atoms with van der Waals surface area (Å²) in [5.41, 5.74) is 1.96. The van der Waals surface area contributed by atoms with Crippen molar-refractivity contribution in [2.45, 2.75) is 25.0 Å². The van der Waals surface area contributed by atoms with Gasteiger partial charge in [0.25, 0.3) is 0 Å². The van der Waals surface area contributed by atoms with Gasteiger partial charge in [-0.15, -0.1) is 0 Å². The Bertz CT molecular complexity index is 418. The van der Waals surface area contributed by atoms with Crippen LogP contribution in [0, 0.1) is 0 Å². The molecule has 1 aromatic carbocycles. The molecule has 0 saturated carbocycles. The fourth-order valence-corrected chi connectivity index (χ4v) is 2.20. The van der Waals surface area contributed by atoms with Gasteiger partial charge in [-0.3, -0.25) is 0 Å². The van der Waals surface area contributed by atoms with Crippen LogP contribution in [0.3, 0.4) is 0 Å². The van der Waals surface area contributed by atoms with Crippen molar-refractivity contribution in [2.24, 2.45) is 0 Å². The van der Waals surface area contributed by atoms with Gasteiger partial charge in [-0.25, -0.2) is 4.79 Å². The molecule has 2 unspecified atom stereocenters. The molecule has 0 heterocycles. The molecular formula is C13H18N2O2. The predicted octanol–water partition coefficient (Wildman–Crippen LogP) is 1.83. The van der Waals surface area contributed by atoms with Crippen molar-refractivity contribution < 1.29 is 9.90 Å². The van der Waals surface area contributed by atoms with Crippen LogP contribution < -0.4 is 5.32 Å². The lowest BCUT2D eigenvalue weighted by Gasteiger charge is -2.30. The van der Waals surface area contributed by atoms with E-state index < -0.39 is 6.10 Å². The first-order valence-corrected chi connectivity index (χ1v) is 5.84. The van der Waals surface area contributed by atoms with Crippen molar-refractivity contribution in [3.63, 3.8) is 0 Å². The molecule has 0 bridgehead atoms. The van der Waals surface area contributed by atoms with Gasteiger partial charge in [0.2, 0.25) is 0 Å². The van der Waals surface area contributed by atoms with Gasteiger partial charge in [0.1, 0.15) is 0 Å². The minimum absolute atomic E-state index is 0.00417. The van der Waals surface area contributed by atoms with Crippen molar-refractivity contribution in [1.82, 2.24) is 10.2 Å². The van der Waals surface area contributed by atoms with Gasteiger partial charge >= 0.3 is 6.03 Å². The maximum absolute atomic E-state index is 11.7. The van der Waals surface area contributed by atoms with E-state index in [-0.39, 0.29) is 12.1 Å². The normalized spacial score (nSPS) is 22.8. The fraction of sp³-hybridized carbons (Fsp3) is 0.462. The Hall–Kier alpha value is -1.55. The quantitative estimate of drug-likeness (QED) is 0.779. The summed E-state index contributed by atoms with van der Waals surface area (Å²) in [7, 11) is 3.44. The van der Waals surface area contributed by atoms with E-state index in [0.29, 0.717) is 6.42 Å². The highest BCUT2D eigenvalue weighted by Gasteiger charge is 2.26. The van der Waals surface area contributed by atoms with E-state index >= 15 is 0 Å². The summed E-state index contributed by atoms with van der Waals surface area (Å²) in [6.45, 7) is 0. The molecule has 0 radical (unpaired) electrons. The first kappa shape index (κ1) is 11.9. The van der Waals surface area contributed by atoms with Gasteiger partial charge in [0, 0.05) is 14.1 Å². The number of aliphatic hydroxyl groups excluding tert-OH is 1. The Labute approximate surface area is 101 Å². The van der Waals surface area contributed by atoms with Crippen LogP contribution in [0.15, 0.2) is 24.3 Å². The number of carbonyl (C=O) groups is 1. The smallest absolute Gasteiger partial charge is 0.317 e. The Morgan fingerprint density at radius 2 is 1.94 bits per heavy atom. The number of nitrogens with one attached hydrogen (secondary N) is 1. The van der Waals surface area contributed by atoms with Gasteiger partial charge < -0.3 is 15.3 Å². The number of rotatable bonds is 1. The highest BCUT2D eigenvalue weighted by Crippen LogP contribution is 2.35. The molecule has 1 aromatic rings. The Balaban J connectivity index is 2.21. The Morgan fingerprint density at radius 1 is 1.29 bits per heavy atom. The molecule has 1 aliphatic rings. The van der Waals surface area contributed by atoms with E-state index in [9.17, 15) is 9.90 Å². The van der Waals surface area contributed by atoms with Crippen molar-refractivity contribution in [1.29, 1.82) is 0 Å². The lowest BCUT2D eigenvalue weighted by molar-refractivity contribution is 0.145. The Morgan fingerprint density at radius 3 is 2.59 bits per heavy atom. The molecular weight excluding hydrogens is 216 g/mol. The maximum Gasteiger partial charge on any atom is 0.317 e. The zero-order chi connectivity index (χ0) is 12.4. The molecule has 0 aromatic heterocycles. The summed E-state index contributed by atoms with van der Waals surface area (Å²) in [5, 5.41) is 12.9. The topological polar surface area (TPSA) is 52.6 Å². The van der Waals surface area contributed by atoms with Gasteiger partial charge in [-0.1, -0.05) is 24.3 Å². The second-order valence-electron chi connectivity index (χ2n) is 4.62. The van der Waals surface area contributed by atoms with Crippen molar-refractivity contribution in [3.05, 3.63) is 35.4 Å². The first-order valence-electron chi connectivity index (χ1n) is 5.84. The number of aliphatic hydroxyl groups is 1. The summed E-state index contributed by atoms with van der Waals surface area (Å²) in [5.74, 6) is 0. The molecule has 4 nitrogen and oxygen atoms in total. The monoisotopic (exact) mass is 234 g/mol. The number of nitrogens with zero attached hydrogens (tertiary/aromatic N) is 1. The van der Waals surface area contributed by atoms with E-state index in [1.807, 2.05) is 24.3 Å². The van der Waals surface area contributed by atoms with Crippen LogP contribution in [-0.4, -0.2) is 30.1 Å². The van der Waals surface area contributed by atoms with Crippen molar-refractivity contribution >= 4 is 6.03 Å². The molecule has 2 atom stereocenters. The molecule has 92 valence electrons. The number of hydrogen-bond acceptors (Lipinski definition) is 2. The van der Waals surface area contributed by atoms with Crippen molar-refractivity contribution in [3.8, 4) is 0 Å². The summed E-state index contributed by atoms with van der Waals surface area (Å²) in [4.78, 5) is 13.2. The van der Waals surface area contributed by atoms with Crippen LogP contribution in [-0.2, 0) is 0 Å². The molecule has 2 amide bonds. The van der Waals surface area contributed by atoms with Crippen LogP contribution in [0.25, 0.3) is 0 Å². The first-order chi connectivity index (χ1) is 8.09. The number of urea groups is 1. The number of carbonyl (C=O) groups excluding carboxylic acids is 1. The number of amides is 2. The standard InChI is InChI=1S/C13H18N2O2/c1-15(2)13(17)14-11-7-8-12(16)10-6-4-3-5-9(10)11/h3-6,11-12,16H,7-8H2,1-2H3,(H,14,17). The van der Waals surface area contributed by atoms with E-state index in [0.717, 1.165) is 17.5 Å². The van der Waals surface area contributed by atoms with Crippen LogP contribution in [0.1, 0.15) is 36.1 Å². The van der Waals surface area contributed by atoms with Gasteiger partial charge in [0.15, 0.2) is 0 Å². The maximum atomic E-state index is 11.7. The lowest BCUT2D eigenvalue weighted by Crippen LogP contribution is -2.38. The SMILES string of the molecule is CN(C)C(=O)NC1CCC(O)c2ccccc21. The minimum Gasteiger partial charge on any atom is -0.388 e. The zero-order valence-electron chi connectivity index (χ0n) is 10.2. The number of hydrogen-bond donors (Lipinski definition) is 2. The van der Waals surface area contributed by atoms with E-state index in [2.05, 4.69) is 5.32 Å². The molecule has 17 heavy (non-hydrogen) atoms. The molecule has 0 aliphatic heterocycles. The second kappa shape index (κ2) is 4.75. The molecule has 0 spiro atoms. The molecule has 0 saturated heterocycles. The highest BCUT2D eigenvalue weighted by molar-refractivity contribution is 5.74. The zero-order valence-corrected chi connectivity index (χ0v) is 10.2. The molecule has 2 rings (SSSR count). The molecule has 0 fully saturated rings. The summed E-state index contributed by atoms with van der Waals surface area (Å²) >= 11 is 0. The van der Waals surface area contributed by atoms with E-state index in [1.54, 1.807) is 14.1 Å². The predicted molar refractivity (Wildman–Crippen MR) is 65.6 cm³/mol. The fourth-order valence-electron chi connectivity index (χ4n) is 2.20. The average molecular weight is 234 g/mol. The lowest BCUT2D eigenvalue weighted by atomic mass is 9.86. The van der Waals surface area contributed by atoms with Crippen LogP contribution in [0.4, 0.5) is 4.79 Å². The van der Waals surface area contributed by atoms with Gasteiger partial charge in [-0.2, -0.15) is 0 Å². The third kappa shape index (κ3) is 2.42. The van der Waals surface area contributed by atoms with E-state index in [4.69, 9.17) is 0 Å². The third-order valence-corrected chi connectivity index (χ3v) is 3.16. The van der Waals surface area contributed by atoms with Crippen LogP contribution in [0.2, 0.25) is 0 Å². The molecule has 4 heteroatoms. The molecule has 1 aliphatic carbocycles. The highest BCUT2D eigenvalue weighted by atomic mass is 16.3. The number of fused-ring (bicyclic) bond motifs is 1. The Kier molecular flexibility index (Phi) is 3.33. The van der Waals surface area contributed by atoms with Gasteiger partial charge in [-0.05, 0) is 24.0 Å². The summed E-state index contributed by atoms with van der Waals surface area (Å²) in [6, 6.07) is 7.65. The third-order valence-electron chi connectivity index (χ3n) is 3.16. The molecule has 2 N–H and O–H groups in total. The van der Waals surface area contributed by atoms with Gasteiger partial charge in [0.05, 0.1) is 12.1 Å². The average Bonchev–Trinajstić information content (AvgIpc) is 2.33.